The Balaban J connectivity index is 1.94. The summed E-state index contributed by atoms with van der Waals surface area (Å²) in [4.78, 5) is 0. The highest BCUT2D eigenvalue weighted by Gasteiger charge is 2.14. The van der Waals surface area contributed by atoms with E-state index in [4.69, 9.17) is 5.11 Å². The Hall–Kier alpha value is 0.270. The van der Waals surface area contributed by atoms with Gasteiger partial charge in [-0.1, -0.05) is 19.8 Å². The molecule has 2 nitrogen and oxygen atoms in total. The molecule has 1 rings (SSSR count). The van der Waals surface area contributed by atoms with E-state index in [1.165, 1.54) is 37.2 Å². The highest BCUT2D eigenvalue weighted by Crippen LogP contribution is 2.28. The Bertz CT molecular complexity index is 149. The normalized spacial score (nSPS) is 19.6. The van der Waals surface area contributed by atoms with E-state index < -0.39 is 0 Å². The first-order chi connectivity index (χ1) is 7.36. The van der Waals surface area contributed by atoms with Crippen LogP contribution >= 0.6 is 11.8 Å². The molecule has 0 amide bonds. The molecule has 90 valence electrons. The van der Waals surface area contributed by atoms with Gasteiger partial charge in [-0.25, -0.2) is 0 Å². The molecule has 0 heterocycles. The van der Waals surface area contributed by atoms with E-state index in [1.807, 2.05) is 0 Å². The van der Waals surface area contributed by atoms with Crippen LogP contribution in [-0.2, 0) is 0 Å². The van der Waals surface area contributed by atoms with Crippen LogP contribution in [0.3, 0.4) is 0 Å². The molecular weight excluding hydrogens is 206 g/mol. The monoisotopic (exact) mass is 231 g/mol. The lowest BCUT2D eigenvalue weighted by Gasteiger charge is -2.15. The third kappa shape index (κ3) is 5.79. The summed E-state index contributed by atoms with van der Waals surface area (Å²) in [6.45, 7) is 3.32. The summed E-state index contributed by atoms with van der Waals surface area (Å²) in [6.07, 6.45) is 6.89. The second-order valence-electron chi connectivity index (χ2n) is 4.45. The van der Waals surface area contributed by atoms with Crippen LogP contribution in [0.1, 0.15) is 39.0 Å². The molecule has 1 atom stereocenters. The second kappa shape index (κ2) is 8.43. The number of thioether (sulfide) groups is 1. The van der Waals surface area contributed by atoms with Crippen molar-refractivity contribution < 1.29 is 5.11 Å². The third-order valence-electron chi connectivity index (χ3n) is 3.15. The molecule has 15 heavy (non-hydrogen) atoms. The Kier molecular flexibility index (Phi) is 7.49. The highest BCUT2D eigenvalue weighted by atomic mass is 32.2. The molecule has 0 aromatic rings. The molecule has 2 N–H and O–H groups in total. The van der Waals surface area contributed by atoms with Crippen molar-refractivity contribution in [2.75, 3.05) is 24.7 Å². The maximum Gasteiger partial charge on any atom is 0.0584 e. The predicted molar refractivity (Wildman–Crippen MR) is 68.5 cm³/mol. The van der Waals surface area contributed by atoms with E-state index in [0.717, 1.165) is 18.9 Å². The Morgan fingerprint density at radius 2 is 2.13 bits per heavy atom. The number of nitrogens with one attached hydrogen (secondary N) is 1. The molecule has 0 spiro atoms. The Morgan fingerprint density at radius 1 is 1.40 bits per heavy atom. The molecule has 0 aromatic heterocycles. The van der Waals surface area contributed by atoms with Gasteiger partial charge in [-0.2, -0.15) is 11.8 Å². The average Bonchev–Trinajstić information content (AvgIpc) is 2.75. The fourth-order valence-corrected chi connectivity index (χ4v) is 3.48. The SMILES string of the molecule is CCNC(CO)CCSCC1CCCC1. The molecule has 0 aromatic carbocycles. The van der Waals surface area contributed by atoms with Crippen molar-refractivity contribution in [1.82, 2.24) is 5.32 Å². The number of aliphatic hydroxyl groups is 1. The van der Waals surface area contributed by atoms with Crippen LogP contribution in [0.5, 0.6) is 0 Å². The van der Waals surface area contributed by atoms with Gasteiger partial charge in [0.2, 0.25) is 0 Å². The number of rotatable bonds is 8. The van der Waals surface area contributed by atoms with Gasteiger partial charge >= 0.3 is 0 Å². The fourth-order valence-electron chi connectivity index (χ4n) is 2.20. The van der Waals surface area contributed by atoms with Gasteiger partial charge in [0, 0.05) is 6.04 Å². The van der Waals surface area contributed by atoms with Crippen molar-refractivity contribution in [2.45, 2.75) is 45.1 Å². The van der Waals surface area contributed by atoms with Crippen molar-refractivity contribution in [2.24, 2.45) is 5.92 Å². The minimum atomic E-state index is 0.276. The minimum Gasteiger partial charge on any atom is -0.395 e. The van der Waals surface area contributed by atoms with Crippen LogP contribution < -0.4 is 5.32 Å². The Labute approximate surface area is 98.2 Å². The van der Waals surface area contributed by atoms with Gasteiger partial charge in [0.05, 0.1) is 6.61 Å². The molecule has 1 aliphatic rings. The van der Waals surface area contributed by atoms with Gasteiger partial charge in [0.25, 0.3) is 0 Å². The minimum absolute atomic E-state index is 0.276. The molecule has 1 aliphatic carbocycles. The largest absolute Gasteiger partial charge is 0.395 e. The predicted octanol–water partition coefficient (Wildman–Crippen LogP) is 2.27. The van der Waals surface area contributed by atoms with Crippen LogP contribution in [0.4, 0.5) is 0 Å². The summed E-state index contributed by atoms with van der Waals surface area (Å²) in [5.74, 6) is 3.51. The van der Waals surface area contributed by atoms with Crippen molar-refractivity contribution in [1.29, 1.82) is 0 Å². The van der Waals surface area contributed by atoms with E-state index in [1.54, 1.807) is 0 Å². The maximum atomic E-state index is 9.10. The second-order valence-corrected chi connectivity index (χ2v) is 5.60. The lowest BCUT2D eigenvalue weighted by Crippen LogP contribution is -2.32. The molecule has 0 radical (unpaired) electrons. The smallest absolute Gasteiger partial charge is 0.0584 e. The van der Waals surface area contributed by atoms with E-state index in [9.17, 15) is 0 Å². The first-order valence-electron chi connectivity index (χ1n) is 6.28. The zero-order valence-electron chi connectivity index (χ0n) is 9.87. The van der Waals surface area contributed by atoms with Gasteiger partial charge in [0.15, 0.2) is 0 Å². The van der Waals surface area contributed by atoms with E-state index >= 15 is 0 Å². The van der Waals surface area contributed by atoms with Gasteiger partial charge in [0.1, 0.15) is 0 Å². The number of hydrogen-bond donors (Lipinski definition) is 2. The molecule has 3 heteroatoms. The lowest BCUT2D eigenvalue weighted by molar-refractivity contribution is 0.242. The quantitative estimate of drug-likeness (QED) is 0.629. The fraction of sp³-hybridized carbons (Fsp3) is 1.00. The molecule has 0 bridgehead atoms. The van der Waals surface area contributed by atoms with Crippen molar-refractivity contribution in [3.8, 4) is 0 Å². The van der Waals surface area contributed by atoms with E-state index in [2.05, 4.69) is 24.0 Å². The average molecular weight is 231 g/mol. The molecule has 1 saturated carbocycles. The Morgan fingerprint density at radius 3 is 2.73 bits per heavy atom. The standard InChI is InChI=1S/C12H25NOS/c1-2-13-12(9-14)7-8-15-10-11-5-3-4-6-11/h11-14H,2-10H2,1H3. The summed E-state index contributed by atoms with van der Waals surface area (Å²) >= 11 is 2.07. The number of likely N-dealkylation sites (N-methyl/N-ethyl adjacent to an activating group) is 1. The first-order valence-corrected chi connectivity index (χ1v) is 7.44. The summed E-state index contributed by atoms with van der Waals surface area (Å²) in [5, 5.41) is 12.4. The summed E-state index contributed by atoms with van der Waals surface area (Å²) in [5.41, 5.74) is 0. The van der Waals surface area contributed by atoms with Crippen LogP contribution in [0.15, 0.2) is 0 Å². The maximum absolute atomic E-state index is 9.10. The van der Waals surface area contributed by atoms with E-state index in [0.29, 0.717) is 6.04 Å². The highest BCUT2D eigenvalue weighted by molar-refractivity contribution is 7.99. The molecule has 0 aliphatic heterocycles. The lowest BCUT2D eigenvalue weighted by atomic mass is 10.1. The van der Waals surface area contributed by atoms with E-state index in [-0.39, 0.29) is 6.61 Å². The summed E-state index contributed by atoms with van der Waals surface area (Å²) in [6, 6.07) is 0.311. The summed E-state index contributed by atoms with van der Waals surface area (Å²) in [7, 11) is 0. The van der Waals surface area contributed by atoms with Gasteiger partial charge in [-0.05, 0) is 43.2 Å². The number of hydrogen-bond acceptors (Lipinski definition) is 3. The molecule has 1 unspecified atom stereocenters. The number of aliphatic hydroxyl groups excluding tert-OH is 1. The van der Waals surface area contributed by atoms with Gasteiger partial charge < -0.3 is 10.4 Å². The first kappa shape index (κ1) is 13.3. The zero-order valence-corrected chi connectivity index (χ0v) is 10.7. The van der Waals surface area contributed by atoms with Crippen LogP contribution in [0.2, 0.25) is 0 Å². The topological polar surface area (TPSA) is 32.3 Å². The van der Waals surface area contributed by atoms with Crippen molar-refractivity contribution >= 4 is 11.8 Å². The zero-order chi connectivity index (χ0) is 10.9. The molecule has 1 fully saturated rings. The van der Waals surface area contributed by atoms with Crippen LogP contribution in [-0.4, -0.2) is 35.8 Å². The van der Waals surface area contributed by atoms with Crippen LogP contribution in [0, 0.1) is 5.92 Å². The van der Waals surface area contributed by atoms with Gasteiger partial charge in [-0.3, -0.25) is 0 Å². The molecule has 0 saturated heterocycles. The third-order valence-corrected chi connectivity index (χ3v) is 4.38. The summed E-state index contributed by atoms with van der Waals surface area (Å²) < 4.78 is 0. The van der Waals surface area contributed by atoms with Crippen molar-refractivity contribution in [3.63, 3.8) is 0 Å². The van der Waals surface area contributed by atoms with Crippen LogP contribution in [0.25, 0.3) is 0 Å². The molecular formula is C12H25NOS. The van der Waals surface area contributed by atoms with Crippen molar-refractivity contribution in [3.05, 3.63) is 0 Å². The van der Waals surface area contributed by atoms with Gasteiger partial charge in [-0.15, -0.1) is 0 Å².